The SMILES string of the molecule is CC1=C[CH]([Zr+2]([CH]2C=C(CC(C)c3ccccc3)c3ccccc32)[SiH](C)C)c2ccccc21.[Cl-].[Cl-]. The van der Waals surface area contributed by atoms with Gasteiger partial charge in [-0.3, -0.25) is 0 Å². The zero-order chi connectivity index (χ0) is 22.2. The number of allylic oxidation sites excluding steroid dienone is 4. The summed E-state index contributed by atoms with van der Waals surface area (Å²) in [6, 6.07) is 29.6. The molecule has 0 heterocycles. The third kappa shape index (κ3) is 5.17. The van der Waals surface area contributed by atoms with Crippen LogP contribution >= 0.6 is 0 Å². The van der Waals surface area contributed by atoms with Crippen molar-refractivity contribution in [1.82, 2.24) is 0 Å². The van der Waals surface area contributed by atoms with Gasteiger partial charge in [0.1, 0.15) is 0 Å². The predicted octanol–water partition coefficient (Wildman–Crippen LogP) is 2.09. The van der Waals surface area contributed by atoms with E-state index in [0.29, 0.717) is 5.92 Å². The molecule has 3 aromatic carbocycles. The molecule has 0 aliphatic heterocycles. The van der Waals surface area contributed by atoms with Crippen LogP contribution in [0.15, 0.2) is 91.0 Å². The van der Waals surface area contributed by atoms with Crippen molar-refractivity contribution in [3.8, 4) is 0 Å². The van der Waals surface area contributed by atoms with Gasteiger partial charge < -0.3 is 24.8 Å². The van der Waals surface area contributed by atoms with Crippen molar-refractivity contribution in [2.24, 2.45) is 0 Å². The van der Waals surface area contributed by atoms with Crippen molar-refractivity contribution < 1.29 is 45.7 Å². The Morgan fingerprint density at radius 1 is 0.735 bits per heavy atom. The van der Waals surface area contributed by atoms with Crippen LogP contribution in [-0.2, 0) is 20.9 Å². The van der Waals surface area contributed by atoms with Crippen LogP contribution in [0.2, 0.25) is 13.1 Å². The molecule has 2 aliphatic rings. The van der Waals surface area contributed by atoms with Crippen molar-refractivity contribution in [2.75, 3.05) is 0 Å². The predicted molar refractivity (Wildman–Crippen MR) is 138 cm³/mol. The van der Waals surface area contributed by atoms with E-state index in [9.17, 15) is 0 Å². The Labute approximate surface area is 226 Å². The number of halogens is 2. The van der Waals surface area contributed by atoms with Crippen LogP contribution in [0.5, 0.6) is 0 Å². The largest absolute Gasteiger partial charge is 1.00 e. The Kier molecular flexibility index (Phi) is 9.43. The molecule has 0 nitrogen and oxygen atoms in total. The van der Waals surface area contributed by atoms with Crippen molar-refractivity contribution in [3.63, 3.8) is 0 Å². The summed E-state index contributed by atoms with van der Waals surface area (Å²) in [5.41, 5.74) is 10.9. The van der Waals surface area contributed by atoms with Crippen LogP contribution in [-0.4, -0.2) is 5.92 Å². The molecule has 0 bridgehead atoms. The first-order valence-corrected chi connectivity index (χ1v) is 22.0. The van der Waals surface area contributed by atoms with Gasteiger partial charge in [-0.25, -0.2) is 0 Å². The molecule has 0 aromatic heterocycles. The van der Waals surface area contributed by atoms with Crippen molar-refractivity contribution >= 4 is 17.1 Å². The molecule has 2 aliphatic carbocycles. The van der Waals surface area contributed by atoms with Crippen molar-refractivity contribution in [1.29, 1.82) is 0 Å². The second kappa shape index (κ2) is 11.7. The van der Waals surface area contributed by atoms with Crippen LogP contribution in [0.4, 0.5) is 0 Å². The number of hydrogen-bond acceptors (Lipinski definition) is 0. The molecule has 4 heteroatoms. The van der Waals surface area contributed by atoms with Gasteiger partial charge in [0.25, 0.3) is 0 Å². The zero-order valence-corrected chi connectivity index (χ0v) is 25.6. The number of hydrogen-bond donors (Lipinski definition) is 0. The fraction of sp³-hybridized carbons (Fsp3) is 0.267. The summed E-state index contributed by atoms with van der Waals surface area (Å²) in [4.78, 5) is 0. The number of benzene rings is 3. The van der Waals surface area contributed by atoms with E-state index in [1.54, 1.807) is 22.3 Å². The van der Waals surface area contributed by atoms with E-state index in [1.807, 2.05) is 0 Å². The molecular weight excluding hydrogens is 551 g/mol. The summed E-state index contributed by atoms with van der Waals surface area (Å²) in [7, 11) is 0. The molecule has 0 saturated carbocycles. The normalized spacial score (nSPS) is 18.7. The van der Waals surface area contributed by atoms with E-state index in [4.69, 9.17) is 0 Å². The van der Waals surface area contributed by atoms with Crippen LogP contribution in [0.25, 0.3) is 11.1 Å². The second-order valence-corrected chi connectivity index (χ2v) is 30.1. The van der Waals surface area contributed by atoms with Gasteiger partial charge in [-0.2, -0.15) is 0 Å². The van der Waals surface area contributed by atoms with Gasteiger partial charge in [0.15, 0.2) is 0 Å². The first-order valence-electron chi connectivity index (χ1n) is 12.0. The minimum absolute atomic E-state index is 0. The topological polar surface area (TPSA) is 0 Å². The molecule has 3 aromatic rings. The average Bonchev–Trinajstić information content (AvgIpc) is 3.33. The van der Waals surface area contributed by atoms with Gasteiger partial charge in [-0.1, -0.05) is 0 Å². The Morgan fingerprint density at radius 3 is 1.91 bits per heavy atom. The van der Waals surface area contributed by atoms with E-state index >= 15 is 0 Å². The fourth-order valence-electron chi connectivity index (χ4n) is 5.87. The molecule has 0 fully saturated rings. The molecule has 0 N–H and O–H groups in total. The molecule has 0 radical (unpaired) electrons. The average molecular weight is 584 g/mol. The Hall–Kier alpha value is -1.18. The third-order valence-electron chi connectivity index (χ3n) is 7.43. The van der Waals surface area contributed by atoms with E-state index in [2.05, 4.69) is 118 Å². The second-order valence-electron chi connectivity index (χ2n) is 9.84. The molecule has 175 valence electrons. The Balaban J connectivity index is 0.00000162. The Bertz CT molecular complexity index is 1190. The van der Waals surface area contributed by atoms with Gasteiger partial charge in [0.05, 0.1) is 0 Å². The number of rotatable bonds is 6. The molecule has 34 heavy (non-hydrogen) atoms. The van der Waals surface area contributed by atoms with Gasteiger partial charge in [0.2, 0.25) is 0 Å². The summed E-state index contributed by atoms with van der Waals surface area (Å²) in [6.07, 6.45) is 6.55. The molecule has 5 rings (SSSR count). The first kappa shape index (κ1) is 27.4. The van der Waals surface area contributed by atoms with E-state index in [1.165, 1.54) is 16.7 Å². The minimum atomic E-state index is -1.84. The smallest absolute Gasteiger partial charge is 1.00 e. The molecule has 3 unspecified atom stereocenters. The van der Waals surface area contributed by atoms with Crippen LogP contribution in [0.3, 0.4) is 0 Å². The minimum Gasteiger partial charge on any atom is -1.00 e. The van der Waals surface area contributed by atoms with E-state index in [0.717, 1.165) is 13.7 Å². The summed E-state index contributed by atoms with van der Waals surface area (Å²) < 4.78 is 1.46. The molecule has 0 saturated heterocycles. The first-order chi connectivity index (χ1) is 15.5. The quantitative estimate of drug-likeness (QED) is 0.390. The molecule has 3 atom stereocenters. The maximum absolute atomic E-state index is 2.75. The maximum Gasteiger partial charge on any atom is -1.00 e. The Morgan fingerprint density at radius 2 is 1.26 bits per heavy atom. The fourth-order valence-corrected chi connectivity index (χ4v) is 27.2. The standard InChI is InChI=1S/C18H17.C10H9.C2H7Si.2ClH.Zr/c1-14(15-7-3-2-4-8-15)13-17-12-11-16-9-5-6-10-18(16)17;1-8-6-7-9-4-2-3-5-10(8)9;1-3-2;;;/h2-12,14H,13H2,1H3;2-7H,1H3;3H,1-2H3;2*1H;/q;;;;;+2/p-2. The summed E-state index contributed by atoms with van der Waals surface area (Å²) in [5.74, 6) is -0.204. The van der Waals surface area contributed by atoms with Gasteiger partial charge >= 0.3 is 203 Å². The molecule has 0 amide bonds. The number of fused-ring (bicyclic) bond motifs is 2. The van der Waals surface area contributed by atoms with Crippen molar-refractivity contribution in [3.05, 3.63) is 119 Å². The van der Waals surface area contributed by atoms with Crippen LogP contribution < -0.4 is 24.8 Å². The maximum atomic E-state index is 2.75. The summed E-state index contributed by atoms with van der Waals surface area (Å²) in [6.45, 7) is 10.00. The van der Waals surface area contributed by atoms with Gasteiger partial charge in [-0.15, -0.1) is 0 Å². The molecular formula is C30H33Cl2SiZr. The zero-order valence-electron chi connectivity index (χ0n) is 20.4. The monoisotopic (exact) mass is 581 g/mol. The van der Waals surface area contributed by atoms with Crippen LogP contribution in [0, 0.1) is 0 Å². The summed E-state index contributed by atoms with van der Waals surface area (Å²) in [5, 5.41) is 0. The van der Waals surface area contributed by atoms with Gasteiger partial charge in [0, 0.05) is 0 Å². The third-order valence-corrected chi connectivity index (χ3v) is 28.7. The van der Waals surface area contributed by atoms with Crippen LogP contribution in [0.1, 0.15) is 61.3 Å². The van der Waals surface area contributed by atoms with Gasteiger partial charge in [-0.05, 0) is 0 Å². The van der Waals surface area contributed by atoms with E-state index in [-0.39, 0.29) is 24.8 Å². The van der Waals surface area contributed by atoms with Crippen molar-refractivity contribution in [2.45, 2.75) is 46.5 Å². The van der Waals surface area contributed by atoms with E-state index < -0.39 is 26.8 Å². The summed E-state index contributed by atoms with van der Waals surface area (Å²) >= 11 is -1.84. The molecule has 0 spiro atoms.